The van der Waals surface area contributed by atoms with Gasteiger partial charge in [-0.25, -0.2) is 4.98 Å². The summed E-state index contributed by atoms with van der Waals surface area (Å²) in [4.78, 5) is 26.0. The lowest BCUT2D eigenvalue weighted by atomic mass is 9.87. The Morgan fingerprint density at radius 1 is 0.939 bits per heavy atom. The van der Waals surface area contributed by atoms with E-state index in [4.69, 9.17) is 9.97 Å². The van der Waals surface area contributed by atoms with Crippen LogP contribution in [0, 0.1) is 0 Å². The van der Waals surface area contributed by atoms with Crippen LogP contribution in [0.5, 0.6) is 0 Å². The molecule has 2 N–H and O–H groups in total. The Balaban J connectivity index is 1.27. The smallest absolute Gasteiger partial charge is 0.227 e. The summed E-state index contributed by atoms with van der Waals surface area (Å²) < 4.78 is 0. The van der Waals surface area contributed by atoms with Crippen LogP contribution in [0.1, 0.15) is 87.1 Å². The fraction of sp³-hybridized carbons (Fsp3) is 0.680. The molecular weight excluding hydrogens is 414 g/mol. The number of aryl methyl sites for hydroxylation is 1. The minimum absolute atomic E-state index is 0.280. The molecule has 2 unspecified atom stereocenters. The molecule has 33 heavy (non-hydrogen) atoms. The summed E-state index contributed by atoms with van der Waals surface area (Å²) in [5.74, 6) is 3.20. The average molecular weight is 450 g/mol. The fourth-order valence-electron chi connectivity index (χ4n) is 6.60. The van der Waals surface area contributed by atoms with E-state index in [9.17, 15) is 4.79 Å². The first kappa shape index (κ1) is 20.9. The van der Waals surface area contributed by atoms with Crippen molar-refractivity contribution in [2.24, 2.45) is 0 Å². The van der Waals surface area contributed by atoms with E-state index in [1.165, 1.54) is 49.1 Å². The second kappa shape index (κ2) is 8.95. The van der Waals surface area contributed by atoms with E-state index in [2.05, 4.69) is 26.5 Å². The zero-order valence-electron chi connectivity index (χ0n) is 19.4. The van der Waals surface area contributed by atoms with Gasteiger partial charge in [-0.15, -0.1) is 0 Å². The fourth-order valence-corrected chi connectivity index (χ4v) is 6.60. The Morgan fingerprint density at radius 3 is 2.67 bits per heavy atom. The van der Waals surface area contributed by atoms with E-state index in [0.29, 0.717) is 12.0 Å². The summed E-state index contributed by atoms with van der Waals surface area (Å²) in [6.45, 7) is 1.83. The van der Waals surface area contributed by atoms with Gasteiger partial charge in [0.15, 0.2) is 5.82 Å². The number of anilines is 3. The summed E-state index contributed by atoms with van der Waals surface area (Å²) in [6.07, 6.45) is 15.1. The number of carbonyl (C=O) groups is 1. The van der Waals surface area contributed by atoms with E-state index >= 15 is 0 Å². The Kier molecular flexibility index (Phi) is 5.68. The molecule has 2 aliphatic carbocycles. The summed E-state index contributed by atoms with van der Waals surface area (Å²) in [7, 11) is 0. The largest absolute Gasteiger partial charge is 0.340 e. The molecule has 4 aliphatic rings. The molecule has 3 fully saturated rings. The van der Waals surface area contributed by atoms with Gasteiger partial charge in [0.25, 0.3) is 0 Å². The molecule has 2 saturated heterocycles. The van der Waals surface area contributed by atoms with Crippen molar-refractivity contribution in [3.63, 3.8) is 0 Å². The van der Waals surface area contributed by atoms with Crippen molar-refractivity contribution in [2.75, 3.05) is 23.3 Å². The third kappa shape index (κ3) is 3.97. The third-order valence-electron chi connectivity index (χ3n) is 8.29. The number of hydrogen-bond donors (Lipinski definition) is 2. The van der Waals surface area contributed by atoms with Gasteiger partial charge in [-0.05, 0) is 57.8 Å². The van der Waals surface area contributed by atoms with E-state index in [1.54, 1.807) is 0 Å². The van der Waals surface area contributed by atoms with Gasteiger partial charge in [0, 0.05) is 36.3 Å². The topological polar surface area (TPSA) is 90.0 Å². The Morgan fingerprint density at radius 2 is 1.79 bits per heavy atom. The van der Waals surface area contributed by atoms with Gasteiger partial charge in [0.1, 0.15) is 5.82 Å². The van der Waals surface area contributed by atoms with Gasteiger partial charge in [-0.1, -0.05) is 19.3 Å². The molecule has 1 saturated carbocycles. The molecule has 8 nitrogen and oxygen atoms in total. The summed E-state index contributed by atoms with van der Waals surface area (Å²) in [5, 5.41) is 11.4. The third-order valence-corrected chi connectivity index (χ3v) is 8.29. The van der Waals surface area contributed by atoms with E-state index in [0.717, 1.165) is 82.0 Å². The van der Waals surface area contributed by atoms with Crippen LogP contribution in [0.25, 0.3) is 0 Å². The molecule has 0 spiro atoms. The highest BCUT2D eigenvalue weighted by Crippen LogP contribution is 2.36. The number of nitrogens with one attached hydrogen (secondary N) is 2. The van der Waals surface area contributed by atoms with Gasteiger partial charge in [0.05, 0.1) is 17.8 Å². The van der Waals surface area contributed by atoms with Crippen molar-refractivity contribution in [2.45, 2.75) is 95.1 Å². The Bertz CT molecular complexity index is 999. The number of H-pyrrole nitrogens is 1. The van der Waals surface area contributed by atoms with Gasteiger partial charge >= 0.3 is 0 Å². The zero-order chi connectivity index (χ0) is 22.2. The van der Waals surface area contributed by atoms with Crippen molar-refractivity contribution in [1.82, 2.24) is 25.1 Å². The molecule has 0 aromatic carbocycles. The van der Waals surface area contributed by atoms with Crippen LogP contribution in [-0.4, -0.2) is 56.6 Å². The van der Waals surface area contributed by atoms with Crippen LogP contribution in [0.4, 0.5) is 17.6 Å². The molecule has 6 rings (SSSR count). The minimum Gasteiger partial charge on any atom is -0.340 e. The normalized spacial score (nSPS) is 25.6. The highest BCUT2D eigenvalue weighted by Gasteiger charge is 2.39. The lowest BCUT2D eigenvalue weighted by Crippen LogP contribution is -2.46. The number of aromatic nitrogens is 4. The van der Waals surface area contributed by atoms with Gasteiger partial charge in [-0.2, -0.15) is 10.1 Å². The number of aromatic amines is 1. The Hall–Kier alpha value is -2.64. The van der Waals surface area contributed by atoms with E-state index < -0.39 is 0 Å². The van der Waals surface area contributed by atoms with Crippen molar-refractivity contribution < 1.29 is 4.79 Å². The molecule has 8 heteroatoms. The van der Waals surface area contributed by atoms with E-state index in [1.807, 2.05) is 4.90 Å². The average Bonchev–Trinajstić information content (AvgIpc) is 3.65. The highest BCUT2D eigenvalue weighted by atomic mass is 16.1. The molecule has 2 aliphatic heterocycles. The molecule has 176 valence electrons. The van der Waals surface area contributed by atoms with Crippen LogP contribution in [-0.2, 0) is 17.6 Å². The zero-order valence-corrected chi connectivity index (χ0v) is 19.4. The first-order valence-electron chi connectivity index (χ1n) is 13.0. The molecule has 2 atom stereocenters. The van der Waals surface area contributed by atoms with Crippen LogP contribution >= 0.6 is 0 Å². The van der Waals surface area contributed by atoms with Crippen LogP contribution in [0.15, 0.2) is 6.07 Å². The maximum absolute atomic E-state index is 11.6. The first-order valence-corrected chi connectivity index (χ1v) is 13.0. The van der Waals surface area contributed by atoms with Gasteiger partial charge < -0.3 is 15.1 Å². The quantitative estimate of drug-likeness (QED) is 0.646. The summed E-state index contributed by atoms with van der Waals surface area (Å²) in [5.41, 5.74) is 3.67. The highest BCUT2D eigenvalue weighted by molar-refractivity contribution is 5.61. The molecule has 0 radical (unpaired) electrons. The van der Waals surface area contributed by atoms with Crippen LogP contribution < -0.4 is 10.2 Å². The van der Waals surface area contributed by atoms with Crippen LogP contribution in [0.2, 0.25) is 0 Å². The second-order valence-electron chi connectivity index (χ2n) is 10.3. The number of hydrogen-bond acceptors (Lipinski definition) is 6. The lowest BCUT2D eigenvalue weighted by Gasteiger charge is -2.33. The van der Waals surface area contributed by atoms with Crippen molar-refractivity contribution >= 4 is 24.0 Å². The SMILES string of the molecule is O=CN1CCCC1C1CCCN1c1nc2c(c(Nc3cc(C4CCCCC4)[nH]n3)n1)CCC2. The number of amides is 1. The van der Waals surface area contributed by atoms with Gasteiger partial charge in [-0.3, -0.25) is 9.89 Å². The molecule has 4 heterocycles. The standard InChI is InChI=1S/C25H35N7O/c33-16-31-13-5-11-21(31)22-12-6-14-32(22)25-26-19-10-4-9-18(19)24(28-25)27-23-15-20(29-30-23)17-7-2-1-3-8-17/h15-17,21-22H,1-14H2,(H2,26,27,28,29,30). The number of fused-ring (bicyclic) bond motifs is 1. The minimum atomic E-state index is 0.280. The summed E-state index contributed by atoms with van der Waals surface area (Å²) in [6, 6.07) is 2.77. The lowest BCUT2D eigenvalue weighted by molar-refractivity contribution is -0.119. The Labute approximate surface area is 195 Å². The second-order valence-corrected chi connectivity index (χ2v) is 10.3. The predicted molar refractivity (Wildman–Crippen MR) is 128 cm³/mol. The number of rotatable bonds is 6. The monoisotopic (exact) mass is 449 g/mol. The first-order chi connectivity index (χ1) is 16.3. The molecular formula is C25H35N7O. The van der Waals surface area contributed by atoms with Crippen molar-refractivity contribution in [1.29, 1.82) is 0 Å². The van der Waals surface area contributed by atoms with Crippen molar-refractivity contribution in [3.8, 4) is 0 Å². The summed E-state index contributed by atoms with van der Waals surface area (Å²) >= 11 is 0. The van der Waals surface area contributed by atoms with Crippen molar-refractivity contribution in [3.05, 3.63) is 23.0 Å². The molecule has 2 aromatic heterocycles. The van der Waals surface area contributed by atoms with E-state index in [-0.39, 0.29) is 6.04 Å². The molecule has 2 aromatic rings. The maximum Gasteiger partial charge on any atom is 0.227 e. The predicted octanol–water partition coefficient (Wildman–Crippen LogP) is 4.07. The van der Waals surface area contributed by atoms with Gasteiger partial charge in [0.2, 0.25) is 12.4 Å². The molecule has 1 amide bonds. The number of nitrogens with zero attached hydrogens (tertiary/aromatic N) is 5. The maximum atomic E-state index is 11.6. The number of likely N-dealkylation sites (tertiary alicyclic amines) is 1. The van der Waals surface area contributed by atoms with Crippen LogP contribution in [0.3, 0.4) is 0 Å². The number of carbonyl (C=O) groups excluding carboxylic acids is 1. The molecule has 0 bridgehead atoms.